The van der Waals surface area contributed by atoms with Gasteiger partial charge in [0.2, 0.25) is 5.91 Å². The molecule has 0 saturated carbocycles. The van der Waals surface area contributed by atoms with Crippen molar-refractivity contribution in [1.29, 1.82) is 0 Å². The molecule has 3 nitrogen and oxygen atoms in total. The summed E-state index contributed by atoms with van der Waals surface area (Å²) in [6, 6.07) is 41.9. The molecule has 4 aromatic carbocycles. The minimum atomic E-state index is -0.790. The summed E-state index contributed by atoms with van der Waals surface area (Å²) in [7, 11) is 0. The molecule has 1 aliphatic rings. The second-order valence-electron chi connectivity index (χ2n) is 10.7. The van der Waals surface area contributed by atoms with Crippen molar-refractivity contribution in [2.45, 2.75) is 43.7 Å². The molecule has 5 rings (SSSR count). The molecule has 1 aliphatic heterocycles. The number of benzene rings is 4. The van der Waals surface area contributed by atoms with E-state index in [0.29, 0.717) is 6.61 Å². The van der Waals surface area contributed by atoms with Crippen LogP contribution in [0.25, 0.3) is 0 Å². The molecule has 0 aromatic heterocycles. The van der Waals surface area contributed by atoms with E-state index in [1.807, 2.05) is 30.3 Å². The van der Waals surface area contributed by atoms with Gasteiger partial charge in [0.1, 0.15) is 5.60 Å². The van der Waals surface area contributed by atoms with E-state index >= 15 is 0 Å². The smallest absolute Gasteiger partial charge is 0.226 e. The van der Waals surface area contributed by atoms with Gasteiger partial charge in [0.25, 0.3) is 0 Å². The number of allylic oxidation sites excluding steroid dienone is 1. The molecule has 1 fully saturated rings. The number of aryl methyl sites for hydroxylation is 1. The molecular weight excluding hydrogens is 490 g/mol. The first kappa shape index (κ1) is 27.6. The Morgan fingerprint density at radius 2 is 1.27 bits per heavy atom. The molecule has 1 amide bonds. The van der Waals surface area contributed by atoms with Gasteiger partial charge in [-0.2, -0.15) is 0 Å². The van der Waals surface area contributed by atoms with Crippen molar-refractivity contribution in [3.05, 3.63) is 156 Å². The topological polar surface area (TPSA) is 29.5 Å². The van der Waals surface area contributed by atoms with E-state index in [-0.39, 0.29) is 17.9 Å². The van der Waals surface area contributed by atoms with Crippen LogP contribution in [0.4, 0.5) is 0 Å². The third-order valence-corrected chi connectivity index (χ3v) is 8.09. The zero-order valence-electron chi connectivity index (χ0n) is 23.2. The SMILES string of the molecule is C=CCC[C@@H]1C[C@@H](COC(c2ccccc2)(c2ccccc2)c2ccccc2)N(CCCc2ccccc2)C1=O. The lowest BCUT2D eigenvalue weighted by Gasteiger charge is -2.38. The summed E-state index contributed by atoms with van der Waals surface area (Å²) in [5, 5.41) is 0. The molecule has 0 radical (unpaired) electrons. The summed E-state index contributed by atoms with van der Waals surface area (Å²) in [5.74, 6) is 0.274. The fraction of sp³-hybridized carbons (Fsp3) is 0.270. The van der Waals surface area contributed by atoms with Gasteiger partial charge in [-0.1, -0.05) is 127 Å². The Hall–Kier alpha value is -3.95. The number of rotatable bonds is 13. The third kappa shape index (κ3) is 6.11. The van der Waals surface area contributed by atoms with Crippen molar-refractivity contribution in [1.82, 2.24) is 4.90 Å². The van der Waals surface area contributed by atoms with Gasteiger partial charge in [0.15, 0.2) is 0 Å². The van der Waals surface area contributed by atoms with E-state index in [2.05, 4.69) is 109 Å². The molecule has 0 bridgehead atoms. The van der Waals surface area contributed by atoms with Crippen LogP contribution in [0.3, 0.4) is 0 Å². The normalized spacial score (nSPS) is 17.2. The zero-order valence-corrected chi connectivity index (χ0v) is 23.2. The minimum Gasteiger partial charge on any atom is -0.359 e. The summed E-state index contributed by atoms with van der Waals surface area (Å²) in [4.78, 5) is 15.7. The number of ether oxygens (including phenoxy) is 1. The lowest BCUT2D eigenvalue weighted by molar-refractivity contribution is -0.133. The van der Waals surface area contributed by atoms with E-state index < -0.39 is 5.60 Å². The quantitative estimate of drug-likeness (QED) is 0.131. The highest BCUT2D eigenvalue weighted by atomic mass is 16.5. The van der Waals surface area contributed by atoms with Crippen molar-refractivity contribution < 1.29 is 9.53 Å². The highest BCUT2D eigenvalue weighted by Crippen LogP contribution is 2.41. The van der Waals surface area contributed by atoms with Gasteiger partial charge in [-0.15, -0.1) is 6.58 Å². The number of carbonyl (C=O) groups excluding carboxylic acids is 1. The molecule has 0 spiro atoms. The molecule has 40 heavy (non-hydrogen) atoms. The van der Waals surface area contributed by atoms with Crippen LogP contribution in [-0.2, 0) is 21.6 Å². The first-order valence-corrected chi connectivity index (χ1v) is 14.5. The Morgan fingerprint density at radius 1 is 0.775 bits per heavy atom. The van der Waals surface area contributed by atoms with Gasteiger partial charge in [0.05, 0.1) is 12.6 Å². The lowest BCUT2D eigenvalue weighted by Crippen LogP contribution is -2.41. The molecule has 2 atom stereocenters. The van der Waals surface area contributed by atoms with Crippen LogP contribution in [0, 0.1) is 5.92 Å². The van der Waals surface area contributed by atoms with Crippen LogP contribution in [0.5, 0.6) is 0 Å². The Labute approximate surface area is 239 Å². The maximum absolute atomic E-state index is 13.6. The summed E-state index contributed by atoms with van der Waals surface area (Å²) < 4.78 is 7.15. The maximum Gasteiger partial charge on any atom is 0.226 e. The average Bonchev–Trinajstić information content (AvgIpc) is 3.32. The number of likely N-dealkylation sites (tertiary alicyclic amines) is 1. The van der Waals surface area contributed by atoms with Crippen molar-refractivity contribution >= 4 is 5.91 Å². The predicted octanol–water partition coefficient (Wildman–Crippen LogP) is 7.81. The van der Waals surface area contributed by atoms with Crippen LogP contribution in [0.2, 0.25) is 0 Å². The predicted molar refractivity (Wildman–Crippen MR) is 163 cm³/mol. The highest BCUT2D eigenvalue weighted by molar-refractivity contribution is 5.81. The van der Waals surface area contributed by atoms with E-state index in [9.17, 15) is 4.79 Å². The monoisotopic (exact) mass is 529 g/mol. The molecule has 3 heteroatoms. The van der Waals surface area contributed by atoms with Crippen LogP contribution >= 0.6 is 0 Å². The second-order valence-corrected chi connectivity index (χ2v) is 10.7. The number of nitrogens with zero attached hydrogens (tertiary/aromatic N) is 1. The molecule has 0 N–H and O–H groups in total. The Bertz CT molecular complexity index is 1240. The number of carbonyl (C=O) groups is 1. The van der Waals surface area contributed by atoms with Crippen LogP contribution in [0.15, 0.2) is 134 Å². The largest absolute Gasteiger partial charge is 0.359 e. The van der Waals surface area contributed by atoms with Gasteiger partial charge < -0.3 is 9.64 Å². The fourth-order valence-electron chi connectivity index (χ4n) is 6.07. The minimum absolute atomic E-state index is 0.0166. The van der Waals surface area contributed by atoms with E-state index in [1.165, 1.54) is 5.56 Å². The lowest BCUT2D eigenvalue weighted by atomic mass is 9.80. The molecule has 204 valence electrons. The molecule has 1 heterocycles. The van der Waals surface area contributed by atoms with Gasteiger partial charge in [-0.25, -0.2) is 0 Å². The fourth-order valence-corrected chi connectivity index (χ4v) is 6.07. The maximum atomic E-state index is 13.6. The van der Waals surface area contributed by atoms with Crippen molar-refractivity contribution in [2.24, 2.45) is 5.92 Å². The standard InChI is InChI=1S/C37H39NO2/c1-2-3-20-31-28-35(38(36(31)39)27-16-19-30-17-8-4-9-18-30)29-40-37(32-21-10-5-11-22-32,33-23-12-6-13-24-33)34-25-14-7-15-26-34/h2,4-15,17-18,21-26,31,35H,1,3,16,19-20,27-29H2/t31-,35+/m1/s1. The van der Waals surface area contributed by atoms with Gasteiger partial charge in [-0.3, -0.25) is 4.79 Å². The number of amides is 1. The van der Waals surface area contributed by atoms with Crippen molar-refractivity contribution in [3.63, 3.8) is 0 Å². The Morgan fingerprint density at radius 3 is 1.77 bits per heavy atom. The molecule has 0 unspecified atom stereocenters. The molecular formula is C37H39NO2. The number of hydrogen-bond acceptors (Lipinski definition) is 2. The molecule has 1 saturated heterocycles. The number of hydrogen-bond donors (Lipinski definition) is 0. The third-order valence-electron chi connectivity index (χ3n) is 8.09. The first-order valence-electron chi connectivity index (χ1n) is 14.5. The summed E-state index contributed by atoms with van der Waals surface area (Å²) in [6.45, 7) is 5.08. The van der Waals surface area contributed by atoms with Gasteiger partial charge in [0, 0.05) is 12.5 Å². The first-order chi connectivity index (χ1) is 19.7. The van der Waals surface area contributed by atoms with E-state index in [4.69, 9.17) is 4.74 Å². The Kier molecular flexibility index (Phi) is 9.26. The Balaban J connectivity index is 1.45. The van der Waals surface area contributed by atoms with Crippen molar-refractivity contribution in [3.8, 4) is 0 Å². The average molecular weight is 530 g/mol. The zero-order chi connectivity index (χ0) is 27.6. The van der Waals surface area contributed by atoms with Gasteiger partial charge >= 0.3 is 0 Å². The highest BCUT2D eigenvalue weighted by Gasteiger charge is 2.42. The van der Waals surface area contributed by atoms with Gasteiger partial charge in [-0.05, 0) is 54.4 Å². The molecule has 4 aromatic rings. The summed E-state index contributed by atoms with van der Waals surface area (Å²) in [5.41, 5.74) is 3.75. The van der Waals surface area contributed by atoms with E-state index in [0.717, 1.165) is 55.3 Å². The van der Waals surface area contributed by atoms with Crippen LogP contribution < -0.4 is 0 Å². The van der Waals surface area contributed by atoms with E-state index in [1.54, 1.807) is 0 Å². The van der Waals surface area contributed by atoms with Crippen molar-refractivity contribution in [2.75, 3.05) is 13.2 Å². The van der Waals surface area contributed by atoms with Crippen LogP contribution in [0.1, 0.15) is 47.9 Å². The summed E-state index contributed by atoms with van der Waals surface area (Å²) in [6.07, 6.45) is 6.31. The summed E-state index contributed by atoms with van der Waals surface area (Å²) >= 11 is 0. The van der Waals surface area contributed by atoms with Crippen LogP contribution in [-0.4, -0.2) is 30.0 Å². The molecule has 0 aliphatic carbocycles. The second kappa shape index (κ2) is 13.4.